The molecule has 0 spiro atoms. The van der Waals surface area contributed by atoms with Gasteiger partial charge >= 0.3 is 0 Å². The molecule has 0 atom stereocenters. The van der Waals surface area contributed by atoms with Crippen LogP contribution in [0.3, 0.4) is 0 Å². The van der Waals surface area contributed by atoms with Crippen LogP contribution in [0.15, 0.2) is 83.8 Å². The van der Waals surface area contributed by atoms with Crippen molar-refractivity contribution in [3.8, 4) is 0 Å². The first-order chi connectivity index (χ1) is 12.4. The Hall–Kier alpha value is -2.83. The molecule has 0 heterocycles. The maximum absolute atomic E-state index is 12.4. The molecule has 0 fully saturated rings. The van der Waals surface area contributed by atoms with Crippen LogP contribution in [0.1, 0.15) is 10.4 Å². The maximum Gasteiger partial charge on any atom is 0.261 e. The molecule has 132 valence electrons. The van der Waals surface area contributed by atoms with E-state index in [0.29, 0.717) is 22.0 Å². The van der Waals surface area contributed by atoms with Crippen LogP contribution < -0.4 is 10.0 Å². The first-order valence-corrected chi connectivity index (χ1v) is 9.55. The number of hydrogen-bond acceptors (Lipinski definition) is 3. The number of rotatable bonds is 5. The van der Waals surface area contributed by atoms with Gasteiger partial charge in [-0.3, -0.25) is 9.52 Å². The molecule has 0 aliphatic rings. The van der Waals surface area contributed by atoms with E-state index in [4.69, 9.17) is 11.6 Å². The van der Waals surface area contributed by atoms with Gasteiger partial charge in [0.25, 0.3) is 15.9 Å². The summed E-state index contributed by atoms with van der Waals surface area (Å²) in [7, 11) is -3.75. The second kappa shape index (κ2) is 7.59. The second-order valence-electron chi connectivity index (χ2n) is 5.46. The topological polar surface area (TPSA) is 75.3 Å². The summed E-state index contributed by atoms with van der Waals surface area (Å²) in [5, 5.41) is 3.19. The van der Waals surface area contributed by atoms with Crippen LogP contribution in [-0.2, 0) is 10.0 Å². The molecule has 26 heavy (non-hydrogen) atoms. The number of carbonyl (C=O) groups is 1. The van der Waals surface area contributed by atoms with Gasteiger partial charge in [-0.15, -0.1) is 0 Å². The lowest BCUT2D eigenvalue weighted by Gasteiger charge is -2.10. The van der Waals surface area contributed by atoms with Crippen LogP contribution in [0.5, 0.6) is 0 Å². The second-order valence-corrected chi connectivity index (χ2v) is 7.58. The molecule has 0 saturated heterocycles. The van der Waals surface area contributed by atoms with E-state index in [9.17, 15) is 13.2 Å². The Morgan fingerprint density at radius 3 is 2.15 bits per heavy atom. The summed E-state index contributed by atoms with van der Waals surface area (Å²) < 4.78 is 27.3. The summed E-state index contributed by atoms with van der Waals surface area (Å²) in [4.78, 5) is 12.3. The SMILES string of the molecule is O=C(Nc1cccc(NS(=O)(=O)c2ccc(Cl)cc2)c1)c1ccccc1. The van der Waals surface area contributed by atoms with E-state index in [1.165, 1.54) is 24.3 Å². The van der Waals surface area contributed by atoms with Gasteiger partial charge in [0.1, 0.15) is 0 Å². The molecular formula is C19H15ClN2O3S. The first-order valence-electron chi connectivity index (χ1n) is 7.69. The predicted octanol–water partition coefficient (Wildman–Crippen LogP) is 4.39. The van der Waals surface area contributed by atoms with E-state index >= 15 is 0 Å². The zero-order valence-electron chi connectivity index (χ0n) is 13.5. The molecule has 0 unspecified atom stereocenters. The Kier molecular flexibility index (Phi) is 5.25. The molecule has 1 amide bonds. The van der Waals surface area contributed by atoms with E-state index in [-0.39, 0.29) is 10.8 Å². The summed E-state index contributed by atoms with van der Waals surface area (Å²) in [5.74, 6) is -0.275. The van der Waals surface area contributed by atoms with Crippen LogP contribution in [0.2, 0.25) is 5.02 Å². The van der Waals surface area contributed by atoms with Crippen molar-refractivity contribution in [1.82, 2.24) is 0 Å². The van der Waals surface area contributed by atoms with E-state index in [0.717, 1.165) is 0 Å². The number of carbonyl (C=O) groups excluding carboxylic acids is 1. The van der Waals surface area contributed by atoms with Gasteiger partial charge in [-0.25, -0.2) is 8.42 Å². The molecule has 0 saturated carbocycles. The Bertz CT molecular complexity index is 1020. The van der Waals surface area contributed by atoms with Gasteiger partial charge in [-0.1, -0.05) is 35.9 Å². The molecular weight excluding hydrogens is 372 g/mol. The number of sulfonamides is 1. The fourth-order valence-electron chi connectivity index (χ4n) is 2.28. The fraction of sp³-hybridized carbons (Fsp3) is 0. The van der Waals surface area contributed by atoms with Crippen LogP contribution >= 0.6 is 11.6 Å². The molecule has 5 nitrogen and oxygen atoms in total. The highest BCUT2D eigenvalue weighted by atomic mass is 35.5. The molecule has 0 aliphatic carbocycles. The number of amides is 1. The van der Waals surface area contributed by atoms with E-state index < -0.39 is 10.0 Å². The van der Waals surface area contributed by atoms with E-state index in [2.05, 4.69) is 10.0 Å². The third-order valence-corrected chi connectivity index (χ3v) is 5.18. The number of hydrogen-bond donors (Lipinski definition) is 2. The van der Waals surface area contributed by atoms with Gasteiger partial charge in [0.15, 0.2) is 0 Å². The molecule has 3 rings (SSSR count). The number of anilines is 2. The lowest BCUT2D eigenvalue weighted by Crippen LogP contribution is -2.14. The highest BCUT2D eigenvalue weighted by molar-refractivity contribution is 7.92. The Morgan fingerprint density at radius 2 is 1.46 bits per heavy atom. The van der Waals surface area contributed by atoms with Crippen molar-refractivity contribution in [3.05, 3.63) is 89.4 Å². The Labute approximate surface area is 156 Å². The van der Waals surface area contributed by atoms with Crippen LogP contribution in [-0.4, -0.2) is 14.3 Å². The fourth-order valence-corrected chi connectivity index (χ4v) is 3.46. The zero-order chi connectivity index (χ0) is 18.6. The van der Waals surface area contributed by atoms with Crippen molar-refractivity contribution < 1.29 is 13.2 Å². The van der Waals surface area contributed by atoms with Gasteiger partial charge in [0.05, 0.1) is 10.6 Å². The third kappa shape index (κ3) is 4.41. The standard InChI is InChI=1S/C19H15ClN2O3S/c20-15-9-11-18(12-10-15)26(24,25)22-17-8-4-7-16(13-17)21-19(23)14-5-2-1-3-6-14/h1-13,22H,(H,21,23). The summed E-state index contributed by atoms with van der Waals surface area (Å²) in [6.07, 6.45) is 0. The average Bonchev–Trinajstić information content (AvgIpc) is 2.63. The quantitative estimate of drug-likeness (QED) is 0.682. The smallest absolute Gasteiger partial charge is 0.261 e. The summed E-state index contributed by atoms with van der Waals surface area (Å²) in [6, 6.07) is 21.1. The van der Waals surface area contributed by atoms with Gasteiger partial charge in [-0.2, -0.15) is 0 Å². The monoisotopic (exact) mass is 386 g/mol. The number of nitrogens with one attached hydrogen (secondary N) is 2. The number of halogens is 1. The molecule has 3 aromatic carbocycles. The highest BCUT2D eigenvalue weighted by Crippen LogP contribution is 2.21. The highest BCUT2D eigenvalue weighted by Gasteiger charge is 2.14. The van der Waals surface area contributed by atoms with Crippen LogP contribution in [0.4, 0.5) is 11.4 Å². The molecule has 3 aromatic rings. The van der Waals surface area contributed by atoms with Gasteiger partial charge in [0, 0.05) is 16.3 Å². The van der Waals surface area contributed by atoms with Crippen LogP contribution in [0, 0.1) is 0 Å². The molecule has 0 aromatic heterocycles. The van der Waals surface area contributed by atoms with Gasteiger partial charge in [-0.05, 0) is 54.6 Å². The van der Waals surface area contributed by atoms with E-state index in [1.807, 2.05) is 6.07 Å². The first kappa shape index (κ1) is 18.0. The minimum absolute atomic E-state index is 0.0978. The molecule has 0 bridgehead atoms. The molecule has 7 heteroatoms. The summed E-state index contributed by atoms with van der Waals surface area (Å²) >= 11 is 5.79. The van der Waals surface area contributed by atoms with Crippen molar-refractivity contribution >= 4 is 38.9 Å². The lowest BCUT2D eigenvalue weighted by atomic mass is 10.2. The average molecular weight is 387 g/mol. The zero-order valence-corrected chi connectivity index (χ0v) is 15.1. The largest absolute Gasteiger partial charge is 0.322 e. The van der Waals surface area contributed by atoms with E-state index in [1.54, 1.807) is 48.5 Å². The van der Waals surface area contributed by atoms with Crippen molar-refractivity contribution in [2.45, 2.75) is 4.90 Å². The van der Waals surface area contributed by atoms with Crippen molar-refractivity contribution in [2.75, 3.05) is 10.0 Å². The molecule has 0 radical (unpaired) electrons. The molecule has 2 N–H and O–H groups in total. The maximum atomic E-state index is 12.4. The lowest BCUT2D eigenvalue weighted by molar-refractivity contribution is 0.102. The van der Waals surface area contributed by atoms with Gasteiger partial charge < -0.3 is 5.32 Å². The third-order valence-electron chi connectivity index (χ3n) is 3.53. The normalized spacial score (nSPS) is 11.0. The molecule has 0 aliphatic heterocycles. The minimum atomic E-state index is -3.75. The minimum Gasteiger partial charge on any atom is -0.322 e. The van der Waals surface area contributed by atoms with Crippen molar-refractivity contribution in [1.29, 1.82) is 0 Å². The van der Waals surface area contributed by atoms with Crippen molar-refractivity contribution in [2.24, 2.45) is 0 Å². The summed E-state index contributed by atoms with van der Waals surface area (Å²) in [6.45, 7) is 0. The number of benzene rings is 3. The predicted molar refractivity (Wildman–Crippen MR) is 103 cm³/mol. The Morgan fingerprint density at radius 1 is 0.808 bits per heavy atom. The Balaban J connectivity index is 1.77. The van der Waals surface area contributed by atoms with Gasteiger partial charge in [0.2, 0.25) is 0 Å². The van der Waals surface area contributed by atoms with Crippen LogP contribution in [0.25, 0.3) is 0 Å². The summed E-state index contributed by atoms with van der Waals surface area (Å²) in [5.41, 5.74) is 1.33. The van der Waals surface area contributed by atoms with Crippen molar-refractivity contribution in [3.63, 3.8) is 0 Å².